The van der Waals surface area contributed by atoms with E-state index in [0.717, 1.165) is 17.7 Å². The number of Topliss-reactive ketones (excluding diaryl/α,β-unsaturated/α-hetero) is 1. The molecule has 1 heterocycles. The molecule has 1 aliphatic heterocycles. The van der Waals surface area contributed by atoms with Crippen molar-refractivity contribution in [3.8, 4) is 0 Å². The average Bonchev–Trinajstić information content (AvgIpc) is 2.92. The minimum atomic E-state index is -0.190. The molecule has 2 unspecified atom stereocenters. The van der Waals surface area contributed by atoms with E-state index < -0.39 is 0 Å². The van der Waals surface area contributed by atoms with Gasteiger partial charge in [0.15, 0.2) is 5.78 Å². The van der Waals surface area contributed by atoms with Gasteiger partial charge in [-0.05, 0) is 49.6 Å². The Morgan fingerprint density at radius 1 is 1.27 bits per heavy atom. The fourth-order valence-electron chi connectivity index (χ4n) is 2.91. The van der Waals surface area contributed by atoms with Gasteiger partial charge in [-0.3, -0.25) is 4.79 Å². The summed E-state index contributed by atoms with van der Waals surface area (Å²) in [7, 11) is 0. The van der Waals surface area contributed by atoms with E-state index in [1.165, 1.54) is 11.1 Å². The minimum absolute atomic E-state index is 0.151. The van der Waals surface area contributed by atoms with Gasteiger partial charge in [-0.15, -0.1) is 0 Å². The van der Waals surface area contributed by atoms with Crippen LogP contribution in [0.5, 0.6) is 0 Å². The standard InChI is InChI=1S/C19H22N2O/c1-13-10-17-11-16(8-9-18(17)21-13)19(22)14(2)20-12-15-6-4-3-5-7-15/h3-9,11,13-14,20-21H,10,12H2,1-2H3. The van der Waals surface area contributed by atoms with Crippen molar-refractivity contribution in [2.75, 3.05) is 5.32 Å². The van der Waals surface area contributed by atoms with Crippen LogP contribution < -0.4 is 10.6 Å². The topological polar surface area (TPSA) is 41.1 Å². The summed E-state index contributed by atoms with van der Waals surface area (Å²) in [5, 5.41) is 6.72. The number of anilines is 1. The quantitative estimate of drug-likeness (QED) is 0.830. The van der Waals surface area contributed by atoms with Crippen LogP contribution in [-0.2, 0) is 13.0 Å². The summed E-state index contributed by atoms with van der Waals surface area (Å²) in [5.41, 5.74) is 4.39. The molecule has 0 amide bonds. The second kappa shape index (κ2) is 6.32. The lowest BCUT2D eigenvalue weighted by molar-refractivity contribution is 0.0950. The van der Waals surface area contributed by atoms with Crippen molar-refractivity contribution in [3.05, 3.63) is 65.2 Å². The number of carbonyl (C=O) groups is 1. The molecule has 0 aliphatic carbocycles. The molecule has 0 aromatic heterocycles. The molecule has 114 valence electrons. The molecular weight excluding hydrogens is 272 g/mol. The lowest BCUT2D eigenvalue weighted by Gasteiger charge is -2.13. The Balaban J connectivity index is 1.65. The van der Waals surface area contributed by atoms with E-state index in [1.807, 2.05) is 43.3 Å². The minimum Gasteiger partial charge on any atom is -0.382 e. The Morgan fingerprint density at radius 2 is 2.05 bits per heavy atom. The molecule has 1 aliphatic rings. The van der Waals surface area contributed by atoms with Crippen molar-refractivity contribution in [1.82, 2.24) is 5.32 Å². The summed E-state index contributed by atoms with van der Waals surface area (Å²) < 4.78 is 0. The first kappa shape index (κ1) is 14.8. The summed E-state index contributed by atoms with van der Waals surface area (Å²) >= 11 is 0. The van der Waals surface area contributed by atoms with Gasteiger partial charge in [0, 0.05) is 23.8 Å². The smallest absolute Gasteiger partial charge is 0.179 e. The average molecular weight is 294 g/mol. The van der Waals surface area contributed by atoms with Gasteiger partial charge in [-0.2, -0.15) is 0 Å². The van der Waals surface area contributed by atoms with Gasteiger partial charge in [0.2, 0.25) is 0 Å². The second-order valence-electron chi connectivity index (χ2n) is 6.07. The maximum Gasteiger partial charge on any atom is 0.179 e. The van der Waals surface area contributed by atoms with Gasteiger partial charge in [-0.25, -0.2) is 0 Å². The Kier molecular flexibility index (Phi) is 4.25. The van der Waals surface area contributed by atoms with E-state index in [1.54, 1.807) is 0 Å². The third kappa shape index (κ3) is 3.20. The number of benzene rings is 2. The maximum absolute atomic E-state index is 12.6. The molecule has 3 rings (SSSR count). The molecule has 0 radical (unpaired) electrons. The molecule has 0 spiro atoms. The highest BCUT2D eigenvalue weighted by atomic mass is 16.1. The lowest BCUT2D eigenvalue weighted by atomic mass is 10.0. The van der Waals surface area contributed by atoms with Gasteiger partial charge in [0.1, 0.15) is 0 Å². The third-order valence-electron chi connectivity index (χ3n) is 4.17. The number of hydrogen-bond donors (Lipinski definition) is 2. The number of ketones is 1. The Morgan fingerprint density at radius 3 is 2.82 bits per heavy atom. The Labute approximate surface area is 131 Å². The summed E-state index contributed by atoms with van der Waals surface area (Å²) in [6.07, 6.45) is 0.988. The first-order valence-corrected chi connectivity index (χ1v) is 7.84. The first-order valence-electron chi connectivity index (χ1n) is 7.84. The summed E-state index contributed by atoms with van der Waals surface area (Å²) in [6, 6.07) is 16.4. The van der Waals surface area contributed by atoms with E-state index in [0.29, 0.717) is 12.6 Å². The van der Waals surface area contributed by atoms with E-state index in [-0.39, 0.29) is 11.8 Å². The summed E-state index contributed by atoms with van der Waals surface area (Å²) in [5.74, 6) is 0.151. The van der Waals surface area contributed by atoms with E-state index in [2.05, 4.69) is 29.7 Å². The molecule has 0 saturated heterocycles. The normalized spacial score (nSPS) is 17.6. The van der Waals surface area contributed by atoms with Gasteiger partial charge in [-0.1, -0.05) is 30.3 Å². The highest BCUT2D eigenvalue weighted by molar-refractivity contribution is 6.00. The van der Waals surface area contributed by atoms with E-state index >= 15 is 0 Å². The number of fused-ring (bicyclic) bond motifs is 1. The van der Waals surface area contributed by atoms with Crippen LogP contribution in [0.1, 0.15) is 35.3 Å². The van der Waals surface area contributed by atoms with Crippen molar-refractivity contribution in [2.45, 2.75) is 38.9 Å². The summed E-state index contributed by atoms with van der Waals surface area (Å²) in [4.78, 5) is 12.6. The zero-order valence-electron chi connectivity index (χ0n) is 13.1. The van der Waals surface area contributed by atoms with Crippen LogP contribution in [0.2, 0.25) is 0 Å². The highest BCUT2D eigenvalue weighted by Crippen LogP contribution is 2.26. The van der Waals surface area contributed by atoms with E-state index in [9.17, 15) is 4.79 Å². The number of rotatable bonds is 5. The summed E-state index contributed by atoms with van der Waals surface area (Å²) in [6.45, 7) is 4.79. The molecule has 2 aromatic carbocycles. The molecule has 22 heavy (non-hydrogen) atoms. The molecule has 0 fully saturated rings. The molecule has 2 atom stereocenters. The number of hydrogen-bond acceptors (Lipinski definition) is 3. The maximum atomic E-state index is 12.6. The SMILES string of the molecule is CC1Cc2cc(C(=O)C(C)NCc3ccccc3)ccc2N1. The number of carbonyl (C=O) groups excluding carboxylic acids is 1. The zero-order valence-corrected chi connectivity index (χ0v) is 13.1. The third-order valence-corrected chi connectivity index (χ3v) is 4.17. The van der Waals surface area contributed by atoms with Crippen molar-refractivity contribution in [1.29, 1.82) is 0 Å². The van der Waals surface area contributed by atoms with Crippen LogP contribution in [0.15, 0.2) is 48.5 Å². The molecule has 2 N–H and O–H groups in total. The van der Waals surface area contributed by atoms with Gasteiger partial charge >= 0.3 is 0 Å². The van der Waals surface area contributed by atoms with Gasteiger partial charge in [0.25, 0.3) is 0 Å². The molecular formula is C19H22N2O. The fourth-order valence-corrected chi connectivity index (χ4v) is 2.91. The van der Waals surface area contributed by atoms with Crippen molar-refractivity contribution in [3.63, 3.8) is 0 Å². The van der Waals surface area contributed by atoms with Crippen LogP contribution in [-0.4, -0.2) is 17.9 Å². The van der Waals surface area contributed by atoms with Crippen molar-refractivity contribution < 1.29 is 4.79 Å². The van der Waals surface area contributed by atoms with Crippen LogP contribution in [0.3, 0.4) is 0 Å². The molecule has 3 nitrogen and oxygen atoms in total. The van der Waals surface area contributed by atoms with Gasteiger partial charge < -0.3 is 10.6 Å². The Hall–Kier alpha value is -2.13. The second-order valence-corrected chi connectivity index (χ2v) is 6.07. The largest absolute Gasteiger partial charge is 0.382 e. The van der Waals surface area contributed by atoms with Crippen LogP contribution in [0, 0.1) is 0 Å². The van der Waals surface area contributed by atoms with Crippen LogP contribution in [0.4, 0.5) is 5.69 Å². The monoisotopic (exact) mass is 294 g/mol. The Bertz CT molecular complexity index is 666. The predicted octanol–water partition coefficient (Wildman–Crippen LogP) is 3.40. The first-order chi connectivity index (χ1) is 10.6. The molecule has 2 aromatic rings. The van der Waals surface area contributed by atoms with Crippen molar-refractivity contribution in [2.24, 2.45) is 0 Å². The van der Waals surface area contributed by atoms with Crippen molar-refractivity contribution >= 4 is 11.5 Å². The lowest BCUT2D eigenvalue weighted by Crippen LogP contribution is -2.33. The predicted molar refractivity (Wildman–Crippen MR) is 90.3 cm³/mol. The number of nitrogens with one attached hydrogen (secondary N) is 2. The molecule has 3 heteroatoms. The zero-order chi connectivity index (χ0) is 15.5. The molecule has 0 saturated carbocycles. The van der Waals surface area contributed by atoms with Crippen LogP contribution >= 0.6 is 0 Å². The van der Waals surface area contributed by atoms with E-state index in [4.69, 9.17) is 0 Å². The fraction of sp³-hybridized carbons (Fsp3) is 0.316. The molecule has 0 bridgehead atoms. The van der Waals surface area contributed by atoms with Crippen LogP contribution in [0.25, 0.3) is 0 Å². The highest BCUT2D eigenvalue weighted by Gasteiger charge is 2.20. The van der Waals surface area contributed by atoms with Gasteiger partial charge in [0.05, 0.1) is 6.04 Å².